The first kappa shape index (κ1) is 17.8. The average molecular weight is 331 g/mol. The van der Waals surface area contributed by atoms with Crippen molar-refractivity contribution in [3.63, 3.8) is 0 Å². The average Bonchev–Trinajstić information content (AvgIpc) is 2.97. The molecule has 0 N–H and O–H groups in total. The molecular weight excluding hydrogens is 306 g/mol. The quantitative estimate of drug-likeness (QED) is 0.506. The lowest BCUT2D eigenvalue weighted by Crippen LogP contribution is -2.19. The van der Waals surface area contributed by atoms with E-state index in [0.717, 1.165) is 24.3 Å². The van der Waals surface area contributed by atoms with E-state index in [1.807, 2.05) is 12.2 Å². The Kier molecular flexibility index (Phi) is 6.93. The minimum Gasteiger partial charge on any atom is -0.471 e. The monoisotopic (exact) mass is 331 g/mol. The van der Waals surface area contributed by atoms with Crippen LogP contribution in [0, 0.1) is 0 Å². The van der Waals surface area contributed by atoms with Crippen LogP contribution in [0.1, 0.15) is 31.4 Å². The van der Waals surface area contributed by atoms with Gasteiger partial charge >= 0.3 is 0 Å². The molecule has 2 atom stereocenters. The number of thioether (sulfide) groups is 1. The maximum absolute atomic E-state index is 6.12. The third-order valence-electron chi connectivity index (χ3n) is 3.84. The normalized spacial score (nSPS) is 21.0. The van der Waals surface area contributed by atoms with Gasteiger partial charge in [0.2, 0.25) is 0 Å². The van der Waals surface area contributed by atoms with Gasteiger partial charge in [-0.25, -0.2) is 4.99 Å². The Labute approximate surface area is 143 Å². The number of aliphatic imine (C=N–C) groups is 1. The number of ether oxygens (including phenoxy) is 2. The summed E-state index contributed by atoms with van der Waals surface area (Å²) in [6.45, 7) is 6.40. The van der Waals surface area contributed by atoms with Crippen LogP contribution in [0.25, 0.3) is 0 Å². The summed E-state index contributed by atoms with van der Waals surface area (Å²) in [5.74, 6) is 0.822. The van der Waals surface area contributed by atoms with Gasteiger partial charge in [-0.3, -0.25) is 0 Å². The molecule has 1 aromatic rings. The van der Waals surface area contributed by atoms with Crippen molar-refractivity contribution in [2.24, 2.45) is 4.99 Å². The standard InChI is InChI=1S/C19H25NO2S/c1-5-6-14(2)7-12-18-20-17(13-21-3)19(22-18)15-8-10-16(23-4)11-9-15/h5-6,8-11,17,19H,1,7,12-13H2,2-4H3/b14-6+/t17?,19-/m0/s1. The van der Waals surface area contributed by atoms with Gasteiger partial charge in [-0.1, -0.05) is 36.4 Å². The number of methoxy groups -OCH3 is 1. The predicted octanol–water partition coefficient (Wildman–Crippen LogP) is 4.81. The van der Waals surface area contributed by atoms with Gasteiger partial charge in [0.25, 0.3) is 0 Å². The first-order chi connectivity index (χ1) is 11.2. The van der Waals surface area contributed by atoms with Crippen molar-refractivity contribution >= 4 is 17.7 Å². The van der Waals surface area contributed by atoms with Gasteiger partial charge in [-0.05, 0) is 37.3 Å². The zero-order valence-corrected chi connectivity index (χ0v) is 14.9. The first-order valence-electron chi connectivity index (χ1n) is 7.82. The third kappa shape index (κ3) is 4.98. The molecule has 3 nitrogen and oxygen atoms in total. The topological polar surface area (TPSA) is 30.8 Å². The molecule has 1 aromatic carbocycles. The Balaban J connectivity index is 2.06. The van der Waals surface area contributed by atoms with Crippen molar-refractivity contribution in [2.75, 3.05) is 20.0 Å². The number of hydrogen-bond acceptors (Lipinski definition) is 4. The summed E-state index contributed by atoms with van der Waals surface area (Å²) in [7, 11) is 1.71. The van der Waals surface area contributed by atoms with Crippen molar-refractivity contribution < 1.29 is 9.47 Å². The summed E-state index contributed by atoms with van der Waals surface area (Å²) in [6, 6.07) is 8.53. The van der Waals surface area contributed by atoms with E-state index in [2.05, 4.69) is 44.0 Å². The van der Waals surface area contributed by atoms with Crippen LogP contribution in [0.3, 0.4) is 0 Å². The molecule has 0 aromatic heterocycles. The van der Waals surface area contributed by atoms with E-state index in [1.165, 1.54) is 10.5 Å². The van der Waals surface area contributed by atoms with Crippen LogP contribution in [0.15, 0.2) is 58.5 Å². The van der Waals surface area contributed by atoms with Crippen molar-refractivity contribution in [1.29, 1.82) is 0 Å². The fraction of sp³-hybridized carbons (Fsp3) is 0.421. The highest BCUT2D eigenvalue weighted by Gasteiger charge is 2.31. The van der Waals surface area contributed by atoms with E-state index in [4.69, 9.17) is 14.5 Å². The van der Waals surface area contributed by atoms with Gasteiger partial charge in [-0.15, -0.1) is 11.8 Å². The molecule has 0 saturated heterocycles. The molecule has 1 unspecified atom stereocenters. The Bertz CT molecular complexity index is 578. The fourth-order valence-corrected chi connectivity index (χ4v) is 3.01. The van der Waals surface area contributed by atoms with E-state index in [-0.39, 0.29) is 12.1 Å². The molecule has 0 saturated carbocycles. The molecule has 0 bridgehead atoms. The second-order valence-corrected chi connectivity index (χ2v) is 6.49. The van der Waals surface area contributed by atoms with Crippen LogP contribution in [0.5, 0.6) is 0 Å². The molecule has 1 heterocycles. The fourth-order valence-electron chi connectivity index (χ4n) is 2.60. The molecule has 1 aliphatic heterocycles. The van der Waals surface area contributed by atoms with Crippen LogP contribution in [0.2, 0.25) is 0 Å². The molecule has 0 fully saturated rings. The largest absolute Gasteiger partial charge is 0.471 e. The second-order valence-electron chi connectivity index (χ2n) is 5.61. The summed E-state index contributed by atoms with van der Waals surface area (Å²) in [6.07, 6.45) is 7.62. The maximum atomic E-state index is 6.12. The SMILES string of the molecule is C=C/C=C(\C)CCC1=NC(COC)[C@H](c2ccc(SC)cc2)O1. The van der Waals surface area contributed by atoms with Gasteiger partial charge in [0.05, 0.1) is 6.61 Å². The minimum atomic E-state index is -0.0513. The highest BCUT2D eigenvalue weighted by molar-refractivity contribution is 7.98. The molecular formula is C19H25NO2S. The molecule has 4 heteroatoms. The van der Waals surface area contributed by atoms with Crippen molar-refractivity contribution in [3.05, 3.63) is 54.1 Å². The van der Waals surface area contributed by atoms with Gasteiger partial charge in [-0.2, -0.15) is 0 Å². The summed E-state index contributed by atoms with van der Waals surface area (Å²) in [5.41, 5.74) is 2.43. The van der Waals surface area contributed by atoms with Gasteiger partial charge in [0.15, 0.2) is 5.90 Å². The smallest absolute Gasteiger partial charge is 0.184 e. The second kappa shape index (κ2) is 8.94. The molecule has 124 valence electrons. The first-order valence-corrected chi connectivity index (χ1v) is 9.04. The molecule has 0 radical (unpaired) electrons. The van der Waals surface area contributed by atoms with E-state index in [9.17, 15) is 0 Å². The van der Waals surface area contributed by atoms with Crippen LogP contribution in [0.4, 0.5) is 0 Å². The van der Waals surface area contributed by atoms with Gasteiger partial charge in [0, 0.05) is 18.4 Å². The summed E-state index contributed by atoms with van der Waals surface area (Å²) >= 11 is 1.74. The Morgan fingerprint density at radius 2 is 2.13 bits per heavy atom. The number of benzene rings is 1. The lowest BCUT2D eigenvalue weighted by Gasteiger charge is -2.18. The zero-order chi connectivity index (χ0) is 16.7. The van der Waals surface area contributed by atoms with Crippen molar-refractivity contribution in [2.45, 2.75) is 36.8 Å². The highest BCUT2D eigenvalue weighted by atomic mass is 32.2. The molecule has 23 heavy (non-hydrogen) atoms. The number of rotatable bonds is 8. The molecule has 0 spiro atoms. The molecule has 2 rings (SSSR count). The van der Waals surface area contributed by atoms with Crippen molar-refractivity contribution in [1.82, 2.24) is 0 Å². The van der Waals surface area contributed by atoms with Crippen LogP contribution >= 0.6 is 11.8 Å². The van der Waals surface area contributed by atoms with E-state index >= 15 is 0 Å². The molecule has 0 aliphatic carbocycles. The Hall–Kier alpha value is -1.52. The van der Waals surface area contributed by atoms with Crippen LogP contribution in [-0.2, 0) is 9.47 Å². The lowest BCUT2D eigenvalue weighted by atomic mass is 10.0. The van der Waals surface area contributed by atoms with E-state index in [0.29, 0.717) is 6.61 Å². The van der Waals surface area contributed by atoms with E-state index < -0.39 is 0 Å². The van der Waals surface area contributed by atoms with Gasteiger partial charge in [0.1, 0.15) is 12.1 Å². The number of allylic oxidation sites excluding steroid dienone is 3. The minimum absolute atomic E-state index is 0.0267. The number of nitrogens with zero attached hydrogens (tertiary/aromatic N) is 1. The van der Waals surface area contributed by atoms with Crippen LogP contribution in [-0.4, -0.2) is 31.9 Å². The Morgan fingerprint density at radius 3 is 2.74 bits per heavy atom. The third-order valence-corrected chi connectivity index (χ3v) is 4.58. The summed E-state index contributed by atoms with van der Waals surface area (Å²) < 4.78 is 11.4. The predicted molar refractivity (Wildman–Crippen MR) is 98.3 cm³/mol. The van der Waals surface area contributed by atoms with E-state index in [1.54, 1.807) is 18.9 Å². The highest BCUT2D eigenvalue weighted by Crippen LogP contribution is 2.32. The molecule has 1 aliphatic rings. The zero-order valence-electron chi connectivity index (χ0n) is 14.1. The lowest BCUT2D eigenvalue weighted by molar-refractivity contribution is 0.119. The van der Waals surface area contributed by atoms with Crippen molar-refractivity contribution in [3.8, 4) is 0 Å². The van der Waals surface area contributed by atoms with Crippen LogP contribution < -0.4 is 0 Å². The maximum Gasteiger partial charge on any atom is 0.184 e. The summed E-state index contributed by atoms with van der Waals surface area (Å²) in [4.78, 5) is 5.97. The van der Waals surface area contributed by atoms with Gasteiger partial charge < -0.3 is 9.47 Å². The molecule has 0 amide bonds. The summed E-state index contributed by atoms with van der Waals surface area (Å²) in [5, 5.41) is 0. The Morgan fingerprint density at radius 1 is 1.39 bits per heavy atom. The number of hydrogen-bond donors (Lipinski definition) is 0.